The molecule has 0 aliphatic carbocycles. The Labute approximate surface area is 167 Å². The van der Waals surface area contributed by atoms with Crippen molar-refractivity contribution in [1.82, 2.24) is 0 Å². The van der Waals surface area contributed by atoms with Gasteiger partial charge in [0, 0.05) is 18.6 Å². The van der Waals surface area contributed by atoms with Crippen LogP contribution in [0, 0.1) is 5.41 Å². The molecule has 26 heavy (non-hydrogen) atoms. The summed E-state index contributed by atoms with van der Waals surface area (Å²) in [5.74, 6) is 2.00. The average molecular weight is 403 g/mol. The fourth-order valence-electron chi connectivity index (χ4n) is 2.99. The fraction of sp³-hybridized carbons (Fsp3) is 0.800. The molecule has 0 spiro atoms. The summed E-state index contributed by atoms with van der Waals surface area (Å²) in [7, 11) is 1.65. The summed E-state index contributed by atoms with van der Waals surface area (Å²) in [4.78, 5) is 0. The zero-order valence-corrected chi connectivity index (χ0v) is 18.4. The molecule has 2 heterocycles. The number of thioether (sulfide) groups is 2. The topological polar surface area (TPSA) is 36.9 Å². The van der Waals surface area contributed by atoms with Crippen LogP contribution in [-0.2, 0) is 18.9 Å². The molecule has 2 saturated heterocycles. The van der Waals surface area contributed by atoms with E-state index in [1.165, 1.54) is 11.5 Å². The summed E-state index contributed by atoms with van der Waals surface area (Å²) in [6.45, 7) is 9.26. The Hall–Kier alpha value is 0.0200. The monoisotopic (exact) mass is 402 g/mol. The van der Waals surface area contributed by atoms with Crippen LogP contribution in [0.15, 0.2) is 24.3 Å². The van der Waals surface area contributed by atoms with E-state index >= 15 is 0 Å². The Morgan fingerprint density at radius 2 is 1.96 bits per heavy atom. The van der Waals surface area contributed by atoms with Gasteiger partial charge in [0.1, 0.15) is 12.9 Å². The first kappa shape index (κ1) is 22.3. The van der Waals surface area contributed by atoms with Gasteiger partial charge >= 0.3 is 0 Å². The van der Waals surface area contributed by atoms with Gasteiger partial charge in [-0.3, -0.25) is 0 Å². The van der Waals surface area contributed by atoms with E-state index in [4.69, 9.17) is 18.9 Å². The summed E-state index contributed by atoms with van der Waals surface area (Å²) in [6, 6.07) is 0. The zero-order valence-electron chi connectivity index (χ0n) is 16.7. The van der Waals surface area contributed by atoms with Gasteiger partial charge in [-0.25, -0.2) is 0 Å². The molecule has 2 aliphatic rings. The Kier molecular flexibility index (Phi) is 9.04. The van der Waals surface area contributed by atoms with Crippen LogP contribution in [0.5, 0.6) is 0 Å². The third kappa shape index (κ3) is 7.95. The van der Waals surface area contributed by atoms with Crippen molar-refractivity contribution in [2.75, 3.05) is 32.0 Å². The molecule has 2 atom stereocenters. The minimum absolute atomic E-state index is 0.0220. The lowest BCUT2D eigenvalue weighted by Gasteiger charge is -2.27. The lowest BCUT2D eigenvalue weighted by Crippen LogP contribution is -2.34. The van der Waals surface area contributed by atoms with E-state index < -0.39 is 5.79 Å². The molecule has 2 fully saturated rings. The molecule has 6 heteroatoms. The summed E-state index contributed by atoms with van der Waals surface area (Å²) in [5, 5.41) is 0. The largest absolute Gasteiger partial charge is 0.359 e. The summed E-state index contributed by atoms with van der Waals surface area (Å²) >= 11 is 4.05. The van der Waals surface area contributed by atoms with Crippen LogP contribution in [0.3, 0.4) is 0 Å². The molecule has 0 radical (unpaired) electrons. The maximum absolute atomic E-state index is 5.99. The number of methoxy groups -OCH3 is 1. The number of hydrogen-bond donors (Lipinski definition) is 0. The van der Waals surface area contributed by atoms with Gasteiger partial charge in [-0.2, -0.15) is 0 Å². The zero-order chi connectivity index (χ0) is 19.0. The van der Waals surface area contributed by atoms with Crippen LogP contribution in [0.1, 0.15) is 40.5 Å². The molecule has 150 valence electrons. The molecule has 0 aromatic rings. The Morgan fingerprint density at radius 3 is 2.58 bits per heavy atom. The molecule has 0 amide bonds. The second kappa shape index (κ2) is 10.5. The lowest BCUT2D eigenvalue weighted by molar-refractivity contribution is -0.170. The maximum Gasteiger partial charge on any atom is 0.163 e. The van der Waals surface area contributed by atoms with Gasteiger partial charge in [0.25, 0.3) is 0 Å². The molecular weight excluding hydrogens is 368 g/mol. The van der Waals surface area contributed by atoms with Crippen LogP contribution >= 0.6 is 23.5 Å². The quantitative estimate of drug-likeness (QED) is 0.384. The summed E-state index contributed by atoms with van der Waals surface area (Å²) in [5.41, 5.74) is 0.101. The molecule has 2 aliphatic heterocycles. The molecular formula is C20H34O4S2. The Morgan fingerprint density at radius 1 is 1.23 bits per heavy atom. The second-order valence-electron chi connectivity index (χ2n) is 7.86. The highest BCUT2D eigenvalue weighted by molar-refractivity contribution is 8.20. The first-order chi connectivity index (χ1) is 12.3. The number of rotatable bonds is 10. The smallest absolute Gasteiger partial charge is 0.163 e. The summed E-state index contributed by atoms with van der Waals surface area (Å²) in [6.07, 6.45) is 10.8. The summed E-state index contributed by atoms with van der Waals surface area (Å²) < 4.78 is 23.3. The van der Waals surface area contributed by atoms with E-state index in [0.717, 1.165) is 12.8 Å². The van der Waals surface area contributed by atoms with Crippen molar-refractivity contribution >= 4 is 23.5 Å². The van der Waals surface area contributed by atoms with Crippen molar-refractivity contribution in [2.45, 2.75) is 63.1 Å². The predicted molar refractivity (Wildman–Crippen MR) is 112 cm³/mol. The predicted octanol–water partition coefficient (Wildman–Crippen LogP) is 4.85. The van der Waals surface area contributed by atoms with Crippen LogP contribution < -0.4 is 0 Å². The highest BCUT2D eigenvalue weighted by atomic mass is 32.2. The molecule has 0 unspecified atom stereocenters. The number of ether oxygens (including phenoxy) is 4. The van der Waals surface area contributed by atoms with Gasteiger partial charge in [0.05, 0.1) is 17.3 Å². The van der Waals surface area contributed by atoms with Crippen LogP contribution in [0.2, 0.25) is 0 Å². The Balaban J connectivity index is 1.82. The second-order valence-corrected chi connectivity index (χ2v) is 10.7. The first-order valence-electron chi connectivity index (χ1n) is 9.33. The van der Waals surface area contributed by atoms with Crippen molar-refractivity contribution in [3.05, 3.63) is 24.3 Å². The number of allylic oxidation sites excluding steroid dienone is 3. The van der Waals surface area contributed by atoms with Gasteiger partial charge < -0.3 is 18.9 Å². The highest BCUT2D eigenvalue weighted by Gasteiger charge is 2.38. The van der Waals surface area contributed by atoms with Crippen molar-refractivity contribution in [1.29, 1.82) is 0 Å². The van der Waals surface area contributed by atoms with Crippen LogP contribution in [0.4, 0.5) is 0 Å². The van der Waals surface area contributed by atoms with Gasteiger partial charge in [-0.05, 0) is 32.1 Å². The van der Waals surface area contributed by atoms with Gasteiger partial charge in [0.2, 0.25) is 0 Å². The van der Waals surface area contributed by atoms with E-state index in [0.29, 0.717) is 11.2 Å². The normalized spacial score (nSPS) is 25.7. The molecule has 0 aromatic heterocycles. The fourth-order valence-corrected chi connectivity index (χ4v) is 5.59. The Bertz CT molecular complexity index is 470. The molecule has 0 saturated carbocycles. The van der Waals surface area contributed by atoms with E-state index in [9.17, 15) is 0 Å². The lowest BCUT2D eigenvalue weighted by atomic mass is 9.85. The van der Waals surface area contributed by atoms with Gasteiger partial charge in [0.15, 0.2) is 5.79 Å². The van der Waals surface area contributed by atoms with E-state index in [1.807, 2.05) is 37.4 Å². The number of hydrogen-bond acceptors (Lipinski definition) is 6. The van der Waals surface area contributed by atoms with E-state index in [1.54, 1.807) is 7.11 Å². The minimum atomic E-state index is -0.532. The van der Waals surface area contributed by atoms with Gasteiger partial charge in [-0.15, -0.1) is 23.5 Å². The van der Waals surface area contributed by atoms with Gasteiger partial charge in [-0.1, -0.05) is 38.2 Å². The molecule has 4 nitrogen and oxygen atoms in total. The van der Waals surface area contributed by atoms with Crippen molar-refractivity contribution < 1.29 is 18.9 Å². The average Bonchev–Trinajstić information content (AvgIpc) is 3.21. The van der Waals surface area contributed by atoms with E-state index in [-0.39, 0.29) is 24.4 Å². The van der Waals surface area contributed by atoms with E-state index in [2.05, 4.69) is 38.2 Å². The molecule has 2 rings (SSSR count). The molecule has 0 bridgehead atoms. The first-order valence-corrected chi connectivity index (χ1v) is 11.4. The van der Waals surface area contributed by atoms with Crippen molar-refractivity contribution in [2.24, 2.45) is 5.41 Å². The third-order valence-corrected chi connectivity index (χ3v) is 7.42. The van der Waals surface area contributed by atoms with Crippen LogP contribution in [-0.4, -0.2) is 54.6 Å². The van der Waals surface area contributed by atoms with Crippen molar-refractivity contribution in [3.63, 3.8) is 0 Å². The highest BCUT2D eigenvalue weighted by Crippen LogP contribution is 2.33. The van der Waals surface area contributed by atoms with Crippen LogP contribution in [0.25, 0.3) is 0 Å². The minimum Gasteiger partial charge on any atom is -0.359 e. The van der Waals surface area contributed by atoms with Crippen molar-refractivity contribution in [3.8, 4) is 0 Å². The third-order valence-electron chi connectivity index (χ3n) is 4.49. The standard InChI is InChI=1S/C20H34O4S2/c1-19(2,10-7-6-8-18-25-12-13-26-18)11-9-16(22-15-21-5)17-14-23-20(3,4)24-17/h6-8,10,16-18H,9,11-15H2,1-5H3/b8-6+,10-7+/t16-,17+/m0/s1. The maximum atomic E-state index is 5.99. The molecule has 0 N–H and O–H groups in total. The SMILES string of the molecule is COCO[C@@H](CCC(C)(C)/C=C/C=C/C1SCCS1)[C@H]1COC(C)(C)O1. The molecule has 0 aromatic carbocycles.